The van der Waals surface area contributed by atoms with E-state index in [0.717, 1.165) is 6.54 Å². The maximum absolute atomic E-state index is 3.75. The SMILES string of the molecule is CCCNC(c1ccccc1)C1(C)CCCS1. The quantitative estimate of drug-likeness (QED) is 0.846. The van der Waals surface area contributed by atoms with Gasteiger partial charge in [0.15, 0.2) is 0 Å². The van der Waals surface area contributed by atoms with E-state index in [9.17, 15) is 0 Å². The maximum atomic E-state index is 3.75. The summed E-state index contributed by atoms with van der Waals surface area (Å²) in [5, 5.41) is 3.75. The normalized spacial score (nSPS) is 26.0. The molecule has 1 aromatic rings. The molecule has 0 bridgehead atoms. The Morgan fingerprint density at radius 1 is 1.35 bits per heavy atom. The molecule has 2 atom stereocenters. The van der Waals surface area contributed by atoms with Crippen molar-refractivity contribution in [1.82, 2.24) is 5.32 Å². The van der Waals surface area contributed by atoms with Crippen molar-refractivity contribution in [2.24, 2.45) is 0 Å². The minimum Gasteiger partial charge on any atom is -0.309 e. The molecule has 0 saturated carbocycles. The highest BCUT2D eigenvalue weighted by atomic mass is 32.2. The smallest absolute Gasteiger partial charge is 0.0466 e. The van der Waals surface area contributed by atoms with Crippen LogP contribution in [0.3, 0.4) is 0 Å². The second-order valence-electron chi connectivity index (χ2n) is 5.06. The van der Waals surface area contributed by atoms with E-state index in [-0.39, 0.29) is 0 Å². The van der Waals surface area contributed by atoms with Crippen molar-refractivity contribution in [3.63, 3.8) is 0 Å². The van der Waals surface area contributed by atoms with Crippen molar-refractivity contribution in [3.8, 4) is 0 Å². The van der Waals surface area contributed by atoms with Gasteiger partial charge in [0.25, 0.3) is 0 Å². The molecule has 2 rings (SSSR count). The zero-order chi connectivity index (χ0) is 12.1. The lowest BCUT2D eigenvalue weighted by atomic mass is 9.90. The van der Waals surface area contributed by atoms with Crippen LogP contribution in [0.25, 0.3) is 0 Å². The van der Waals surface area contributed by atoms with Crippen LogP contribution < -0.4 is 5.32 Å². The first-order valence-corrected chi connectivity index (χ1v) is 7.67. The van der Waals surface area contributed by atoms with Gasteiger partial charge in [-0.15, -0.1) is 0 Å². The zero-order valence-corrected chi connectivity index (χ0v) is 11.7. The third kappa shape index (κ3) is 3.05. The third-order valence-corrected chi connectivity index (χ3v) is 5.18. The minimum absolute atomic E-state index is 0.372. The number of hydrogen-bond donors (Lipinski definition) is 1. The second-order valence-corrected chi connectivity index (χ2v) is 6.69. The lowest BCUT2D eigenvalue weighted by Crippen LogP contribution is -2.37. The Hall–Kier alpha value is -0.470. The molecule has 1 N–H and O–H groups in total. The topological polar surface area (TPSA) is 12.0 Å². The molecule has 1 fully saturated rings. The summed E-state index contributed by atoms with van der Waals surface area (Å²) >= 11 is 2.14. The summed E-state index contributed by atoms with van der Waals surface area (Å²) in [4.78, 5) is 0. The molecule has 1 aromatic carbocycles. The van der Waals surface area contributed by atoms with E-state index in [2.05, 4.69) is 61.3 Å². The summed E-state index contributed by atoms with van der Waals surface area (Å²) in [6, 6.07) is 11.4. The zero-order valence-electron chi connectivity index (χ0n) is 10.9. The van der Waals surface area contributed by atoms with Crippen molar-refractivity contribution >= 4 is 11.8 Å². The van der Waals surface area contributed by atoms with Gasteiger partial charge in [0.2, 0.25) is 0 Å². The van der Waals surface area contributed by atoms with Crippen molar-refractivity contribution in [2.75, 3.05) is 12.3 Å². The van der Waals surface area contributed by atoms with Gasteiger partial charge in [-0.3, -0.25) is 0 Å². The monoisotopic (exact) mass is 249 g/mol. The van der Waals surface area contributed by atoms with Gasteiger partial charge in [-0.2, -0.15) is 11.8 Å². The molecule has 1 saturated heterocycles. The van der Waals surface area contributed by atoms with E-state index < -0.39 is 0 Å². The largest absolute Gasteiger partial charge is 0.309 e. The maximum Gasteiger partial charge on any atom is 0.0466 e. The summed E-state index contributed by atoms with van der Waals surface area (Å²) in [6.45, 7) is 5.76. The molecule has 17 heavy (non-hydrogen) atoms. The van der Waals surface area contributed by atoms with Gasteiger partial charge in [-0.25, -0.2) is 0 Å². The molecule has 1 nitrogen and oxygen atoms in total. The van der Waals surface area contributed by atoms with Crippen molar-refractivity contribution in [3.05, 3.63) is 35.9 Å². The van der Waals surface area contributed by atoms with Crippen LogP contribution in [-0.2, 0) is 0 Å². The number of nitrogens with one attached hydrogen (secondary N) is 1. The van der Waals surface area contributed by atoms with Crippen LogP contribution in [0, 0.1) is 0 Å². The molecule has 0 aromatic heterocycles. The molecule has 2 unspecified atom stereocenters. The number of benzene rings is 1. The first-order chi connectivity index (χ1) is 8.26. The lowest BCUT2D eigenvalue weighted by molar-refractivity contribution is 0.413. The Bertz CT molecular complexity index is 330. The van der Waals surface area contributed by atoms with E-state index in [4.69, 9.17) is 0 Å². The van der Waals surface area contributed by atoms with Gasteiger partial charge in [-0.05, 0) is 44.0 Å². The fourth-order valence-electron chi connectivity index (χ4n) is 2.65. The first-order valence-electron chi connectivity index (χ1n) is 6.68. The van der Waals surface area contributed by atoms with Crippen LogP contribution in [0.1, 0.15) is 44.7 Å². The van der Waals surface area contributed by atoms with Crippen LogP contribution in [0.4, 0.5) is 0 Å². The highest BCUT2D eigenvalue weighted by Crippen LogP contribution is 2.46. The van der Waals surface area contributed by atoms with E-state index in [1.165, 1.54) is 30.6 Å². The fraction of sp³-hybridized carbons (Fsp3) is 0.600. The van der Waals surface area contributed by atoms with Gasteiger partial charge in [0.05, 0.1) is 0 Å². The Labute approximate surface area is 109 Å². The predicted molar refractivity (Wildman–Crippen MR) is 77.6 cm³/mol. The fourth-order valence-corrected chi connectivity index (χ4v) is 4.08. The van der Waals surface area contributed by atoms with Crippen LogP contribution in [0.2, 0.25) is 0 Å². The van der Waals surface area contributed by atoms with Crippen molar-refractivity contribution < 1.29 is 0 Å². The van der Waals surface area contributed by atoms with Crippen LogP contribution in [0.15, 0.2) is 30.3 Å². The van der Waals surface area contributed by atoms with Crippen LogP contribution in [0.5, 0.6) is 0 Å². The van der Waals surface area contributed by atoms with Crippen LogP contribution >= 0.6 is 11.8 Å². The van der Waals surface area contributed by atoms with E-state index in [0.29, 0.717) is 10.8 Å². The average Bonchev–Trinajstić information content (AvgIpc) is 2.79. The minimum atomic E-state index is 0.372. The molecule has 1 heterocycles. The van der Waals surface area contributed by atoms with Gasteiger partial charge in [-0.1, -0.05) is 37.3 Å². The van der Waals surface area contributed by atoms with E-state index >= 15 is 0 Å². The Morgan fingerprint density at radius 3 is 2.71 bits per heavy atom. The standard InChI is InChI=1S/C15H23NS/c1-3-11-16-14(13-8-5-4-6-9-13)15(2)10-7-12-17-15/h4-6,8-9,14,16H,3,7,10-12H2,1-2H3. The molecule has 0 radical (unpaired) electrons. The third-order valence-electron chi connectivity index (χ3n) is 3.59. The summed E-state index contributed by atoms with van der Waals surface area (Å²) in [6.07, 6.45) is 3.89. The highest BCUT2D eigenvalue weighted by Gasteiger charge is 2.38. The number of thioether (sulfide) groups is 1. The Balaban J connectivity index is 2.18. The van der Waals surface area contributed by atoms with Gasteiger partial charge in [0.1, 0.15) is 0 Å². The molecule has 0 aliphatic carbocycles. The molecule has 1 aliphatic heterocycles. The molecule has 2 heteroatoms. The van der Waals surface area contributed by atoms with Crippen molar-refractivity contribution in [2.45, 2.75) is 43.9 Å². The van der Waals surface area contributed by atoms with Gasteiger partial charge in [0, 0.05) is 10.8 Å². The highest BCUT2D eigenvalue weighted by molar-refractivity contribution is 8.00. The van der Waals surface area contributed by atoms with Crippen LogP contribution in [-0.4, -0.2) is 17.0 Å². The van der Waals surface area contributed by atoms with E-state index in [1.54, 1.807) is 0 Å². The molecule has 0 spiro atoms. The molecule has 94 valence electrons. The van der Waals surface area contributed by atoms with E-state index in [1.807, 2.05) is 0 Å². The number of hydrogen-bond acceptors (Lipinski definition) is 2. The second kappa shape index (κ2) is 5.92. The molecular weight excluding hydrogens is 226 g/mol. The van der Waals surface area contributed by atoms with Gasteiger partial charge >= 0.3 is 0 Å². The predicted octanol–water partition coefficient (Wildman–Crippen LogP) is 4.01. The number of rotatable bonds is 5. The summed E-state index contributed by atoms with van der Waals surface area (Å²) in [5.41, 5.74) is 1.44. The summed E-state index contributed by atoms with van der Waals surface area (Å²) < 4.78 is 0.372. The Kier molecular flexibility index (Phi) is 4.52. The molecule has 0 amide bonds. The molecular formula is C15H23NS. The van der Waals surface area contributed by atoms with Crippen molar-refractivity contribution in [1.29, 1.82) is 0 Å². The molecule has 1 aliphatic rings. The summed E-state index contributed by atoms with van der Waals surface area (Å²) in [5.74, 6) is 1.31. The first kappa shape index (κ1) is 13.0. The summed E-state index contributed by atoms with van der Waals surface area (Å²) in [7, 11) is 0. The average molecular weight is 249 g/mol. The van der Waals surface area contributed by atoms with Gasteiger partial charge < -0.3 is 5.32 Å². The lowest BCUT2D eigenvalue weighted by Gasteiger charge is -2.34. The Morgan fingerprint density at radius 2 is 2.12 bits per heavy atom.